The molecule has 9 heteroatoms. The maximum Gasteiger partial charge on any atom is 0.0973 e. The number of rotatable bonds is 15. The lowest BCUT2D eigenvalue weighted by Gasteiger charge is -2.17. The number of benzene rings is 21. The molecule has 9 nitrogen and oxygen atoms in total. The van der Waals surface area contributed by atoms with Crippen LogP contribution in [0.1, 0.15) is 0 Å². The van der Waals surface area contributed by atoms with Gasteiger partial charge in [0.2, 0.25) is 0 Å². The molecule has 0 bridgehead atoms. The molecule has 0 N–H and O–H groups in total. The molecule has 144 heavy (non-hydrogen) atoms. The van der Waals surface area contributed by atoms with Crippen LogP contribution < -0.4 is 0 Å². The van der Waals surface area contributed by atoms with E-state index in [1.165, 1.54) is 75.8 Å². The highest BCUT2D eigenvalue weighted by molar-refractivity contribution is 6.10. The van der Waals surface area contributed by atoms with Crippen LogP contribution in [-0.4, -0.2) is 44.9 Å². The number of hydrogen-bond donors (Lipinski definition) is 0. The molecule has 0 spiro atoms. The summed E-state index contributed by atoms with van der Waals surface area (Å²) in [6.45, 7) is 0. The Labute approximate surface area is 833 Å². The smallest absolute Gasteiger partial charge is 0.0973 e. The van der Waals surface area contributed by atoms with Crippen molar-refractivity contribution in [3.63, 3.8) is 0 Å². The monoisotopic (exact) mass is 1830 g/mol. The van der Waals surface area contributed by atoms with E-state index < -0.39 is 0 Å². The van der Waals surface area contributed by atoms with Gasteiger partial charge in [-0.15, -0.1) is 0 Å². The zero-order valence-corrected chi connectivity index (χ0v) is 78.3. The van der Waals surface area contributed by atoms with Gasteiger partial charge in [0.25, 0.3) is 0 Å². The van der Waals surface area contributed by atoms with Gasteiger partial charge < -0.3 is 0 Å². The lowest BCUT2D eigenvalue weighted by Crippen LogP contribution is -1.98. The van der Waals surface area contributed by atoms with E-state index in [2.05, 4.69) is 458 Å². The molecule has 0 aliphatic heterocycles. The maximum absolute atomic E-state index is 5.41. The van der Waals surface area contributed by atoms with Crippen molar-refractivity contribution in [2.24, 2.45) is 0 Å². The van der Waals surface area contributed by atoms with Crippen molar-refractivity contribution >= 4 is 97.7 Å². The topological polar surface area (TPSA) is 116 Å². The summed E-state index contributed by atoms with van der Waals surface area (Å²) in [5, 5.41) is 14.6. The number of pyridine rings is 3. The van der Waals surface area contributed by atoms with Crippen LogP contribution in [0.4, 0.5) is 0 Å². The Morgan fingerprint density at radius 2 is 0.389 bits per heavy atom. The van der Waals surface area contributed by atoms with Gasteiger partial charge in [-0.05, 0) is 245 Å². The Morgan fingerprint density at radius 1 is 0.125 bits per heavy atom. The van der Waals surface area contributed by atoms with Crippen LogP contribution in [0.15, 0.2) is 528 Å². The minimum atomic E-state index is 0.851. The van der Waals surface area contributed by atoms with Gasteiger partial charge in [0.1, 0.15) is 0 Å². The van der Waals surface area contributed by atoms with Crippen molar-refractivity contribution in [1.29, 1.82) is 0 Å². The van der Waals surface area contributed by atoms with E-state index in [1.807, 2.05) is 79.4 Å². The van der Waals surface area contributed by atoms with Crippen LogP contribution in [0.5, 0.6) is 0 Å². The molecule has 27 rings (SSSR count). The third-order valence-corrected chi connectivity index (χ3v) is 27.4. The van der Waals surface area contributed by atoms with E-state index >= 15 is 0 Å². The van der Waals surface area contributed by atoms with Gasteiger partial charge >= 0.3 is 0 Å². The first-order valence-corrected chi connectivity index (χ1v) is 48.5. The predicted molar refractivity (Wildman–Crippen MR) is 599 cm³/mol. The fraction of sp³-hybridized carbons (Fsp3) is 0. The van der Waals surface area contributed by atoms with Gasteiger partial charge in [0.05, 0.1) is 73.0 Å². The molecule has 0 saturated carbocycles. The zero-order chi connectivity index (χ0) is 95.6. The largest absolute Gasteiger partial charge is 0.265 e. The second-order valence-corrected chi connectivity index (χ2v) is 36.2. The summed E-state index contributed by atoms with van der Waals surface area (Å²) >= 11 is 0. The van der Waals surface area contributed by atoms with Crippen molar-refractivity contribution in [2.75, 3.05) is 0 Å². The van der Waals surface area contributed by atoms with Crippen molar-refractivity contribution in [3.8, 4) is 168 Å². The molecule has 27 aromatic rings. The molecule has 0 radical (unpaired) electrons. The molecule has 21 aromatic carbocycles. The summed E-state index contributed by atoms with van der Waals surface area (Å²) in [4.78, 5) is 45.3. The first kappa shape index (κ1) is 86.2. The molecule has 0 fully saturated rings. The van der Waals surface area contributed by atoms with Crippen LogP contribution in [0.3, 0.4) is 0 Å². The molecular weight excluding hydrogens is 1750 g/mol. The Kier molecular flexibility index (Phi) is 22.9. The van der Waals surface area contributed by atoms with Crippen LogP contribution in [0.25, 0.3) is 266 Å². The van der Waals surface area contributed by atoms with E-state index in [-0.39, 0.29) is 0 Å². The zero-order valence-electron chi connectivity index (χ0n) is 78.3. The van der Waals surface area contributed by atoms with Crippen molar-refractivity contribution in [1.82, 2.24) is 44.9 Å². The third kappa shape index (κ3) is 17.2. The summed E-state index contributed by atoms with van der Waals surface area (Å²) in [5.41, 5.74) is 36.6. The van der Waals surface area contributed by atoms with Crippen molar-refractivity contribution in [3.05, 3.63) is 528 Å². The number of fused-ring (bicyclic) bond motifs is 9. The van der Waals surface area contributed by atoms with Gasteiger partial charge in [0, 0.05) is 69.9 Å². The van der Waals surface area contributed by atoms with E-state index in [0.717, 1.165) is 190 Å². The summed E-state index contributed by atoms with van der Waals surface area (Å²) < 4.78 is 0. The Hall–Kier alpha value is -19.4. The van der Waals surface area contributed by atoms with Crippen molar-refractivity contribution < 1.29 is 0 Å². The highest BCUT2D eigenvalue weighted by atomic mass is 14.9. The predicted octanol–water partition coefficient (Wildman–Crippen LogP) is 35.0. The molecular formula is C135H87N9. The normalized spacial score (nSPS) is 11.3. The van der Waals surface area contributed by atoms with E-state index in [4.69, 9.17) is 29.9 Å². The average molecular weight is 1840 g/mol. The molecule has 0 amide bonds. The van der Waals surface area contributed by atoms with E-state index in [0.29, 0.717) is 0 Å². The maximum atomic E-state index is 5.41. The minimum absolute atomic E-state index is 0.851. The van der Waals surface area contributed by atoms with Crippen LogP contribution in [0, 0.1) is 0 Å². The Bertz CT molecular complexity index is 9150. The molecule has 0 saturated heterocycles. The molecule has 0 atom stereocenters. The summed E-state index contributed by atoms with van der Waals surface area (Å²) in [6.07, 6.45) is 9.16. The molecule has 6 aromatic heterocycles. The molecule has 0 unspecified atom stereocenters. The van der Waals surface area contributed by atoms with Crippen LogP contribution >= 0.6 is 0 Å². The fourth-order valence-electron chi connectivity index (χ4n) is 20.1. The van der Waals surface area contributed by atoms with Gasteiger partial charge in [-0.1, -0.05) is 406 Å². The van der Waals surface area contributed by atoms with Gasteiger partial charge in [0.15, 0.2) is 0 Å². The first-order chi connectivity index (χ1) is 71.3. The highest BCUT2D eigenvalue weighted by Crippen LogP contribution is 2.47. The van der Waals surface area contributed by atoms with Gasteiger partial charge in [-0.2, -0.15) is 0 Å². The fourth-order valence-corrected chi connectivity index (χ4v) is 20.1. The van der Waals surface area contributed by atoms with Crippen LogP contribution in [-0.2, 0) is 0 Å². The van der Waals surface area contributed by atoms with E-state index in [1.54, 1.807) is 6.20 Å². The lowest BCUT2D eigenvalue weighted by molar-refractivity contribution is 1.29. The second-order valence-electron chi connectivity index (χ2n) is 36.2. The number of hydrogen-bond acceptors (Lipinski definition) is 9. The van der Waals surface area contributed by atoms with Crippen molar-refractivity contribution in [2.45, 2.75) is 0 Å². The minimum Gasteiger partial charge on any atom is -0.265 e. The Balaban J connectivity index is 0.000000113. The third-order valence-electron chi connectivity index (χ3n) is 27.4. The van der Waals surface area contributed by atoms with Gasteiger partial charge in [-0.3, -0.25) is 15.0 Å². The quantitative estimate of drug-likeness (QED) is 0.0989. The number of nitrogens with zero attached hydrogens (tertiary/aromatic N) is 9. The lowest BCUT2D eigenvalue weighted by atomic mass is 9.88. The van der Waals surface area contributed by atoms with E-state index in [9.17, 15) is 0 Å². The van der Waals surface area contributed by atoms with Gasteiger partial charge in [-0.25, -0.2) is 29.9 Å². The van der Waals surface area contributed by atoms with Crippen LogP contribution in [0.2, 0.25) is 0 Å². The summed E-state index contributed by atoms with van der Waals surface area (Å²) in [6, 6.07) is 175. The summed E-state index contributed by atoms with van der Waals surface area (Å²) in [5.74, 6) is 0. The first-order valence-electron chi connectivity index (χ1n) is 48.5. The molecule has 672 valence electrons. The average Bonchev–Trinajstić information content (AvgIpc) is 0.755. The Morgan fingerprint density at radius 3 is 0.722 bits per heavy atom. The number of aromatic nitrogens is 9. The molecule has 0 aliphatic carbocycles. The molecule has 0 aliphatic rings. The molecule has 6 heterocycles. The summed E-state index contributed by atoms with van der Waals surface area (Å²) in [7, 11) is 0. The standard InChI is InChI=1S/3C45H29N3/c1-2-13-33(14-3-1)44-45(34-24-22-30(23-25-34)35-17-10-26-46-29-35)48-43-28-41(39-21-9-16-32-12-5-7-19-37(32)39)40(27-42(43)47-44)38-20-8-15-31-11-4-6-18-36(31)38;1-2-12-33(13-3-1)44-45(34-21-19-32(20-22-34)41-16-8-9-25-46-41)48-43-29-40(38-24-18-31-11-5-7-15-36(31)27-38)39(28-42(43)47-44)37-23-17-30-10-4-6-14-35(30)26-37;1-2-10-34(11-3-1)44-45(35-18-14-32(15-19-35)33-22-24-46-25-23-33)48-43-29-41(39-21-17-31-9-5-7-13-37(31)27-39)40(28-42(43)47-44)38-20-16-30-8-4-6-12-36(30)26-38/h3*1-29H. The highest BCUT2D eigenvalue weighted by Gasteiger charge is 2.25. The second kappa shape index (κ2) is 38.2. The SMILES string of the molecule is c1ccc(-c2nc3cc(-c4ccc5ccccc5c4)c(-c4ccc5ccccc5c4)cc3nc2-c2ccc(-c3ccccn3)cc2)cc1.c1ccc(-c2nc3cc(-c4ccc5ccccc5c4)c(-c4ccc5ccccc5c4)cc3nc2-c2ccc(-c3ccncc3)cc2)cc1.c1ccc(-c2nc3cc(-c4cccc5ccccc45)c(-c4cccc5ccccc45)cc3nc2-c2ccc(-c3cccnc3)cc2)cc1.